The number of benzene rings is 1. The Hall–Kier alpha value is -2.04. The summed E-state index contributed by atoms with van der Waals surface area (Å²) in [6, 6.07) is 5.57. The fourth-order valence-corrected chi connectivity index (χ4v) is 2.97. The largest absolute Gasteiger partial charge is 0.479 e. The molecule has 0 aliphatic carbocycles. The first-order valence-electron chi connectivity index (χ1n) is 8.02. The first-order chi connectivity index (χ1) is 10.6. The Labute approximate surface area is 130 Å². The maximum Gasteiger partial charge on any atom is 0.265 e. The summed E-state index contributed by atoms with van der Waals surface area (Å²) in [5, 5.41) is 2.82. The molecule has 1 atom stereocenters. The molecule has 1 fully saturated rings. The number of carbonyl (C=O) groups is 2. The van der Waals surface area contributed by atoms with Crippen LogP contribution in [0.5, 0.6) is 5.75 Å². The molecule has 5 heteroatoms. The fourth-order valence-electron chi connectivity index (χ4n) is 2.97. The minimum absolute atomic E-state index is 0.150. The summed E-state index contributed by atoms with van der Waals surface area (Å²) in [5.74, 6) is 0.680. The number of nitrogens with zero attached hydrogens (tertiary/aromatic N) is 1. The van der Waals surface area contributed by atoms with Crippen molar-refractivity contribution in [3.8, 4) is 5.75 Å². The summed E-state index contributed by atoms with van der Waals surface area (Å²) in [6.45, 7) is 3.44. The molecule has 5 nitrogen and oxygen atoms in total. The predicted octanol–water partition coefficient (Wildman–Crippen LogP) is 2.35. The highest BCUT2D eigenvalue weighted by atomic mass is 16.5. The smallest absolute Gasteiger partial charge is 0.265 e. The first kappa shape index (κ1) is 14.9. The minimum Gasteiger partial charge on any atom is -0.479 e. The average Bonchev–Trinajstić information content (AvgIpc) is 2.78. The van der Waals surface area contributed by atoms with Crippen LogP contribution in [0.25, 0.3) is 0 Å². The van der Waals surface area contributed by atoms with Gasteiger partial charge in [-0.1, -0.05) is 18.9 Å². The third-order valence-corrected chi connectivity index (χ3v) is 4.29. The quantitative estimate of drug-likeness (QED) is 0.912. The SMILES string of the molecule is CC1Oc2ccc(CC(=O)N3CCCCCC3)cc2NC1=O. The number of hydrogen-bond acceptors (Lipinski definition) is 3. The molecule has 2 heterocycles. The standard InChI is InChI=1S/C17H22N2O3/c1-12-17(21)18-14-10-13(6-7-15(14)22-12)11-16(20)19-8-4-2-3-5-9-19/h6-7,10,12H,2-5,8-9,11H2,1H3,(H,18,21). The Balaban J connectivity index is 1.69. The van der Waals surface area contributed by atoms with E-state index < -0.39 is 6.10 Å². The molecular formula is C17H22N2O3. The molecule has 0 saturated carbocycles. The number of carbonyl (C=O) groups excluding carboxylic acids is 2. The van der Waals surface area contributed by atoms with Crippen molar-refractivity contribution in [2.45, 2.75) is 45.1 Å². The Morgan fingerprint density at radius 2 is 2.00 bits per heavy atom. The van der Waals surface area contributed by atoms with Crippen LogP contribution in [0.4, 0.5) is 5.69 Å². The number of amides is 2. The zero-order valence-corrected chi connectivity index (χ0v) is 12.9. The second-order valence-electron chi connectivity index (χ2n) is 6.05. The molecule has 1 unspecified atom stereocenters. The number of ether oxygens (including phenoxy) is 1. The Bertz CT molecular complexity index is 577. The number of hydrogen-bond donors (Lipinski definition) is 1. The number of nitrogens with one attached hydrogen (secondary N) is 1. The van der Waals surface area contributed by atoms with Gasteiger partial charge in [0, 0.05) is 13.1 Å². The normalized spacial score (nSPS) is 21.4. The van der Waals surface area contributed by atoms with Crippen molar-refractivity contribution in [2.24, 2.45) is 0 Å². The monoisotopic (exact) mass is 302 g/mol. The van der Waals surface area contributed by atoms with Crippen molar-refractivity contribution in [2.75, 3.05) is 18.4 Å². The van der Waals surface area contributed by atoms with E-state index in [1.807, 2.05) is 23.1 Å². The maximum atomic E-state index is 12.4. The van der Waals surface area contributed by atoms with Gasteiger partial charge in [-0.2, -0.15) is 0 Å². The van der Waals surface area contributed by atoms with Gasteiger partial charge in [0.25, 0.3) is 5.91 Å². The average molecular weight is 302 g/mol. The predicted molar refractivity (Wildman–Crippen MR) is 83.9 cm³/mol. The van der Waals surface area contributed by atoms with E-state index >= 15 is 0 Å². The Morgan fingerprint density at radius 3 is 2.73 bits per heavy atom. The highest BCUT2D eigenvalue weighted by Crippen LogP contribution is 2.30. The van der Waals surface area contributed by atoms with E-state index in [1.165, 1.54) is 12.8 Å². The van der Waals surface area contributed by atoms with E-state index in [2.05, 4.69) is 5.32 Å². The van der Waals surface area contributed by atoms with E-state index in [0.717, 1.165) is 31.5 Å². The molecular weight excluding hydrogens is 280 g/mol. The lowest BCUT2D eigenvalue weighted by molar-refractivity contribution is -0.130. The van der Waals surface area contributed by atoms with Gasteiger partial charge in [0.05, 0.1) is 12.1 Å². The maximum absolute atomic E-state index is 12.4. The molecule has 3 rings (SSSR count). The van der Waals surface area contributed by atoms with Gasteiger partial charge in [0.15, 0.2) is 6.10 Å². The van der Waals surface area contributed by atoms with Crippen LogP contribution in [0, 0.1) is 0 Å². The minimum atomic E-state index is -0.475. The van der Waals surface area contributed by atoms with Gasteiger partial charge in [0.2, 0.25) is 5.91 Å². The van der Waals surface area contributed by atoms with Crippen LogP contribution >= 0.6 is 0 Å². The lowest BCUT2D eigenvalue weighted by atomic mass is 10.1. The van der Waals surface area contributed by atoms with Crippen LogP contribution in [-0.2, 0) is 16.0 Å². The zero-order chi connectivity index (χ0) is 15.5. The van der Waals surface area contributed by atoms with Crippen molar-refractivity contribution >= 4 is 17.5 Å². The van der Waals surface area contributed by atoms with Gasteiger partial charge in [-0.15, -0.1) is 0 Å². The third kappa shape index (κ3) is 3.24. The molecule has 0 bridgehead atoms. The van der Waals surface area contributed by atoms with Crippen molar-refractivity contribution in [3.05, 3.63) is 23.8 Å². The number of fused-ring (bicyclic) bond motifs is 1. The van der Waals surface area contributed by atoms with E-state index in [-0.39, 0.29) is 11.8 Å². The zero-order valence-electron chi connectivity index (χ0n) is 12.9. The van der Waals surface area contributed by atoms with Crippen molar-refractivity contribution in [3.63, 3.8) is 0 Å². The molecule has 22 heavy (non-hydrogen) atoms. The van der Waals surface area contributed by atoms with Gasteiger partial charge in [-0.3, -0.25) is 9.59 Å². The summed E-state index contributed by atoms with van der Waals surface area (Å²) in [6.07, 6.45) is 4.51. The first-order valence-corrected chi connectivity index (χ1v) is 8.02. The topological polar surface area (TPSA) is 58.6 Å². The van der Waals surface area contributed by atoms with Gasteiger partial charge >= 0.3 is 0 Å². The van der Waals surface area contributed by atoms with Crippen LogP contribution in [-0.4, -0.2) is 35.9 Å². The summed E-state index contributed by atoms with van der Waals surface area (Å²) >= 11 is 0. The van der Waals surface area contributed by atoms with Crippen LogP contribution < -0.4 is 10.1 Å². The molecule has 1 N–H and O–H groups in total. The molecule has 1 aromatic rings. The molecule has 0 spiro atoms. The van der Waals surface area contributed by atoms with Crippen molar-refractivity contribution in [1.29, 1.82) is 0 Å². The summed E-state index contributed by atoms with van der Waals surface area (Å²) in [4.78, 5) is 26.0. The van der Waals surface area contributed by atoms with Gasteiger partial charge < -0.3 is 15.0 Å². The second-order valence-corrected chi connectivity index (χ2v) is 6.05. The summed E-state index contributed by atoms with van der Waals surface area (Å²) < 4.78 is 5.53. The molecule has 1 saturated heterocycles. The molecule has 0 aromatic heterocycles. The Kier molecular flexibility index (Phi) is 4.32. The highest BCUT2D eigenvalue weighted by molar-refractivity contribution is 5.97. The van der Waals surface area contributed by atoms with E-state index in [4.69, 9.17) is 4.74 Å². The number of rotatable bonds is 2. The second kappa shape index (κ2) is 6.38. The van der Waals surface area contributed by atoms with Crippen molar-refractivity contribution in [1.82, 2.24) is 4.90 Å². The van der Waals surface area contributed by atoms with Crippen LogP contribution in [0.3, 0.4) is 0 Å². The lowest BCUT2D eigenvalue weighted by Gasteiger charge is -2.24. The molecule has 2 amide bonds. The third-order valence-electron chi connectivity index (χ3n) is 4.29. The van der Waals surface area contributed by atoms with E-state index in [0.29, 0.717) is 17.9 Å². The van der Waals surface area contributed by atoms with Crippen LogP contribution in [0.15, 0.2) is 18.2 Å². The van der Waals surface area contributed by atoms with Gasteiger partial charge in [0.1, 0.15) is 5.75 Å². The van der Waals surface area contributed by atoms with Gasteiger partial charge in [-0.05, 0) is 37.5 Å². The summed E-state index contributed by atoms with van der Waals surface area (Å²) in [7, 11) is 0. The van der Waals surface area contributed by atoms with Crippen LogP contribution in [0.2, 0.25) is 0 Å². The van der Waals surface area contributed by atoms with Crippen molar-refractivity contribution < 1.29 is 14.3 Å². The molecule has 2 aliphatic rings. The Morgan fingerprint density at radius 1 is 1.27 bits per heavy atom. The lowest BCUT2D eigenvalue weighted by Crippen LogP contribution is -2.35. The number of anilines is 1. The molecule has 118 valence electrons. The summed E-state index contributed by atoms with van der Waals surface area (Å²) in [5.41, 5.74) is 1.57. The fraction of sp³-hybridized carbons (Fsp3) is 0.529. The molecule has 1 aromatic carbocycles. The van der Waals surface area contributed by atoms with Crippen LogP contribution in [0.1, 0.15) is 38.2 Å². The van der Waals surface area contributed by atoms with E-state index in [1.54, 1.807) is 6.92 Å². The molecule has 2 aliphatic heterocycles. The number of likely N-dealkylation sites (tertiary alicyclic amines) is 1. The highest BCUT2D eigenvalue weighted by Gasteiger charge is 2.24. The van der Waals surface area contributed by atoms with E-state index in [9.17, 15) is 9.59 Å². The van der Waals surface area contributed by atoms with Gasteiger partial charge in [-0.25, -0.2) is 0 Å². The molecule has 0 radical (unpaired) electrons.